The van der Waals surface area contributed by atoms with Crippen molar-refractivity contribution in [2.75, 3.05) is 5.33 Å². The molecule has 17 heavy (non-hydrogen) atoms. The molecule has 0 bridgehead atoms. The first kappa shape index (κ1) is 14.2. The Bertz CT molecular complexity index is 380. The number of Topliss-reactive ketones (excluding diaryl/α,β-unsaturated/α-hetero) is 1. The molecule has 0 amide bonds. The van der Waals surface area contributed by atoms with E-state index < -0.39 is 24.0 Å². The minimum absolute atomic E-state index is 0.0654. The largest absolute Gasteiger partial charge is 0.298 e. The third-order valence-electron chi connectivity index (χ3n) is 2.09. The van der Waals surface area contributed by atoms with Crippen molar-refractivity contribution in [3.05, 3.63) is 34.9 Å². The number of hydrogen-bond donors (Lipinski definition) is 0. The molecule has 0 atom stereocenters. The Morgan fingerprint density at radius 3 is 1.88 bits per heavy atom. The number of hydrogen-bond acceptors (Lipinski definition) is 1. The predicted octanol–water partition coefficient (Wildman–Crippen LogP) is 4.07. The summed E-state index contributed by atoms with van der Waals surface area (Å²) < 4.78 is 49.9. The van der Waals surface area contributed by atoms with Crippen LogP contribution in [0.5, 0.6) is 0 Å². The Morgan fingerprint density at radius 2 is 1.53 bits per heavy atom. The molecule has 0 aliphatic rings. The van der Waals surface area contributed by atoms with Crippen LogP contribution in [0.1, 0.15) is 29.5 Å². The van der Waals surface area contributed by atoms with E-state index in [1.807, 2.05) is 0 Å². The second-order valence-electron chi connectivity index (χ2n) is 3.46. The first-order valence-electron chi connectivity index (χ1n) is 4.71. The summed E-state index contributed by atoms with van der Waals surface area (Å²) in [6.45, 7) is 0. The van der Waals surface area contributed by atoms with Crippen molar-refractivity contribution in [1.29, 1.82) is 0 Å². The molecule has 0 saturated carbocycles. The first-order chi connectivity index (χ1) is 7.93. The number of rotatable bonds is 5. The lowest BCUT2D eigenvalue weighted by atomic mass is 10.0. The molecule has 0 heterocycles. The fourth-order valence-corrected chi connectivity index (χ4v) is 1.57. The van der Waals surface area contributed by atoms with E-state index in [0.29, 0.717) is 0 Å². The number of halogens is 5. The minimum Gasteiger partial charge on any atom is -0.298 e. The van der Waals surface area contributed by atoms with E-state index >= 15 is 0 Å². The zero-order valence-electron chi connectivity index (χ0n) is 8.60. The van der Waals surface area contributed by atoms with Gasteiger partial charge in [0.05, 0.1) is 5.33 Å². The molecule has 1 rings (SSSR count). The van der Waals surface area contributed by atoms with Crippen LogP contribution in [-0.4, -0.2) is 11.1 Å². The van der Waals surface area contributed by atoms with Crippen LogP contribution in [0.3, 0.4) is 0 Å². The van der Waals surface area contributed by atoms with Gasteiger partial charge in [-0.05, 0) is 23.8 Å². The van der Waals surface area contributed by atoms with Crippen LogP contribution in [0.2, 0.25) is 0 Å². The maximum absolute atomic E-state index is 12.5. The van der Waals surface area contributed by atoms with Gasteiger partial charge in [-0.2, -0.15) is 0 Å². The summed E-state index contributed by atoms with van der Waals surface area (Å²) in [5, 5.41) is 0.0654. The van der Waals surface area contributed by atoms with E-state index in [2.05, 4.69) is 15.9 Å². The van der Waals surface area contributed by atoms with Crippen molar-refractivity contribution in [1.82, 2.24) is 0 Å². The molecular weight excluding hydrogens is 304 g/mol. The quantitative estimate of drug-likeness (QED) is 0.591. The molecule has 94 valence electrons. The zero-order valence-corrected chi connectivity index (χ0v) is 10.2. The van der Waals surface area contributed by atoms with Crippen LogP contribution in [0.4, 0.5) is 17.6 Å². The zero-order chi connectivity index (χ0) is 13.0. The minimum atomic E-state index is -2.83. The molecule has 0 aromatic heterocycles. The number of benzene rings is 1. The van der Waals surface area contributed by atoms with Crippen molar-refractivity contribution in [2.45, 2.75) is 19.3 Å². The molecule has 0 fully saturated rings. The maximum Gasteiger partial charge on any atom is 0.263 e. The summed E-state index contributed by atoms with van der Waals surface area (Å²) in [7, 11) is 0. The highest BCUT2D eigenvalue weighted by Gasteiger charge is 2.15. The summed E-state index contributed by atoms with van der Waals surface area (Å²) >= 11 is 2.92. The van der Waals surface area contributed by atoms with Crippen LogP contribution < -0.4 is 0 Å². The van der Waals surface area contributed by atoms with E-state index in [4.69, 9.17) is 0 Å². The third-order valence-corrected chi connectivity index (χ3v) is 2.72. The van der Waals surface area contributed by atoms with Gasteiger partial charge in [0, 0.05) is 17.5 Å². The molecule has 0 aliphatic heterocycles. The van der Waals surface area contributed by atoms with Gasteiger partial charge in [0.2, 0.25) is 0 Å². The summed E-state index contributed by atoms with van der Waals surface area (Å²) in [5.74, 6) is -0.253. The van der Waals surface area contributed by atoms with Crippen molar-refractivity contribution < 1.29 is 22.4 Å². The molecule has 1 aromatic carbocycles. The Morgan fingerprint density at radius 1 is 1.06 bits per heavy atom. The molecular formula is C11H9BrF4O. The highest BCUT2D eigenvalue weighted by molar-refractivity contribution is 9.09. The summed E-state index contributed by atoms with van der Waals surface area (Å²) in [6, 6.07) is 2.92. The van der Waals surface area contributed by atoms with Crippen LogP contribution in [0.25, 0.3) is 0 Å². The molecule has 0 radical (unpaired) electrons. The molecule has 1 aromatic rings. The van der Waals surface area contributed by atoms with Gasteiger partial charge in [-0.25, -0.2) is 17.6 Å². The van der Waals surface area contributed by atoms with E-state index in [1.165, 1.54) is 0 Å². The van der Waals surface area contributed by atoms with Gasteiger partial charge < -0.3 is 0 Å². The topological polar surface area (TPSA) is 17.1 Å². The monoisotopic (exact) mass is 312 g/mol. The molecule has 0 aliphatic carbocycles. The van der Waals surface area contributed by atoms with Gasteiger partial charge in [-0.15, -0.1) is 0 Å². The average molecular weight is 313 g/mol. The molecule has 0 saturated heterocycles. The Kier molecular flexibility index (Phi) is 5.11. The van der Waals surface area contributed by atoms with Gasteiger partial charge in [0.15, 0.2) is 0 Å². The fourth-order valence-electron chi connectivity index (χ4n) is 1.37. The van der Waals surface area contributed by atoms with Gasteiger partial charge in [0.1, 0.15) is 5.78 Å². The highest BCUT2D eigenvalue weighted by atomic mass is 79.9. The SMILES string of the molecule is O=C(CBr)Cc1cc(C(F)F)cc(C(F)F)c1. The number of carbonyl (C=O) groups excluding carboxylic acids is 1. The van der Waals surface area contributed by atoms with Crippen molar-refractivity contribution in [3.63, 3.8) is 0 Å². The van der Waals surface area contributed by atoms with E-state index in [0.717, 1.165) is 18.2 Å². The molecule has 0 N–H and O–H groups in total. The second kappa shape index (κ2) is 6.14. The van der Waals surface area contributed by atoms with Gasteiger partial charge in [-0.1, -0.05) is 15.9 Å². The summed E-state index contributed by atoms with van der Waals surface area (Å²) in [5.41, 5.74) is -0.789. The summed E-state index contributed by atoms with van der Waals surface area (Å²) in [6.07, 6.45) is -5.79. The lowest BCUT2D eigenvalue weighted by Crippen LogP contribution is -2.05. The van der Waals surface area contributed by atoms with E-state index in [9.17, 15) is 22.4 Å². The number of alkyl halides is 5. The third kappa shape index (κ3) is 4.11. The van der Waals surface area contributed by atoms with Crippen molar-refractivity contribution >= 4 is 21.7 Å². The number of carbonyl (C=O) groups is 1. The number of ketones is 1. The predicted molar refractivity (Wildman–Crippen MR) is 58.9 cm³/mol. The molecule has 0 unspecified atom stereocenters. The van der Waals surface area contributed by atoms with Gasteiger partial charge in [-0.3, -0.25) is 4.79 Å². The Balaban J connectivity index is 3.08. The molecule has 0 spiro atoms. The first-order valence-corrected chi connectivity index (χ1v) is 5.84. The van der Waals surface area contributed by atoms with Gasteiger partial charge >= 0.3 is 0 Å². The van der Waals surface area contributed by atoms with E-state index in [-0.39, 0.29) is 23.1 Å². The van der Waals surface area contributed by atoms with E-state index in [1.54, 1.807) is 0 Å². The maximum atomic E-state index is 12.5. The normalized spacial score (nSPS) is 11.2. The van der Waals surface area contributed by atoms with Crippen molar-refractivity contribution in [3.8, 4) is 0 Å². The summed E-state index contributed by atoms with van der Waals surface area (Å²) in [4.78, 5) is 11.1. The average Bonchev–Trinajstić information content (AvgIpc) is 2.28. The standard InChI is InChI=1S/C11H9BrF4O/c12-5-9(17)3-6-1-7(10(13)14)4-8(2-6)11(15)16/h1-2,4,10-11H,3,5H2. The molecule has 6 heteroatoms. The van der Waals surface area contributed by atoms with Gasteiger partial charge in [0.25, 0.3) is 12.9 Å². The van der Waals surface area contributed by atoms with Crippen LogP contribution in [0.15, 0.2) is 18.2 Å². The second-order valence-corrected chi connectivity index (χ2v) is 4.02. The fraction of sp³-hybridized carbons (Fsp3) is 0.364. The Hall–Kier alpha value is -0.910. The Labute approximate surface area is 104 Å². The lowest BCUT2D eigenvalue weighted by molar-refractivity contribution is -0.115. The smallest absolute Gasteiger partial charge is 0.263 e. The van der Waals surface area contributed by atoms with Crippen molar-refractivity contribution in [2.24, 2.45) is 0 Å². The van der Waals surface area contributed by atoms with Crippen LogP contribution in [0, 0.1) is 0 Å². The van der Waals surface area contributed by atoms with Crippen LogP contribution >= 0.6 is 15.9 Å². The lowest BCUT2D eigenvalue weighted by Gasteiger charge is -2.08. The molecule has 1 nitrogen and oxygen atoms in total. The van der Waals surface area contributed by atoms with Crippen LogP contribution in [-0.2, 0) is 11.2 Å². The highest BCUT2D eigenvalue weighted by Crippen LogP contribution is 2.27.